The first-order chi connectivity index (χ1) is 12.3. The first-order valence-corrected chi connectivity index (χ1v) is 9.39. The highest BCUT2D eigenvalue weighted by Crippen LogP contribution is 2.22. The molecule has 1 fully saturated rings. The van der Waals surface area contributed by atoms with Gasteiger partial charge in [-0.2, -0.15) is 0 Å². The third-order valence-electron chi connectivity index (χ3n) is 4.10. The molecule has 0 bridgehead atoms. The zero-order chi connectivity index (χ0) is 18.7. The summed E-state index contributed by atoms with van der Waals surface area (Å²) in [5.41, 5.74) is 1.69. The Labute approximate surface area is 165 Å². The molecule has 0 spiro atoms. The van der Waals surface area contributed by atoms with Crippen molar-refractivity contribution in [2.75, 3.05) is 13.2 Å². The van der Waals surface area contributed by atoms with Crippen LogP contribution in [0.25, 0.3) is 0 Å². The molecular formula is C19H20FIN2O3. The fourth-order valence-corrected chi connectivity index (χ4v) is 3.28. The molecule has 26 heavy (non-hydrogen) atoms. The summed E-state index contributed by atoms with van der Waals surface area (Å²) in [4.78, 5) is 16.7. The van der Waals surface area contributed by atoms with Crippen molar-refractivity contribution in [1.82, 2.24) is 10.3 Å². The number of nitrogens with one attached hydrogen (secondary N) is 1. The van der Waals surface area contributed by atoms with Crippen molar-refractivity contribution in [3.8, 4) is 0 Å². The summed E-state index contributed by atoms with van der Waals surface area (Å²) in [6, 6.07) is 6.70. The lowest BCUT2D eigenvalue weighted by Gasteiger charge is -2.17. The summed E-state index contributed by atoms with van der Waals surface area (Å²) in [7, 11) is 0. The number of hydrogen-bond acceptors (Lipinski definition) is 4. The van der Waals surface area contributed by atoms with Crippen LogP contribution in [-0.4, -0.2) is 35.9 Å². The topological polar surface area (TPSA) is 60.5 Å². The van der Waals surface area contributed by atoms with Crippen LogP contribution in [0.2, 0.25) is 0 Å². The largest absolute Gasteiger partial charge is 0.349 e. The van der Waals surface area contributed by atoms with E-state index in [1.165, 1.54) is 6.07 Å². The summed E-state index contributed by atoms with van der Waals surface area (Å²) in [5.74, 6) is -1.15. The van der Waals surface area contributed by atoms with Gasteiger partial charge in [0.2, 0.25) is 0 Å². The van der Waals surface area contributed by atoms with E-state index in [0.29, 0.717) is 36.3 Å². The number of nitrogens with zero attached hydrogens (tertiary/aromatic N) is 1. The van der Waals surface area contributed by atoms with Crippen molar-refractivity contribution in [2.24, 2.45) is 0 Å². The van der Waals surface area contributed by atoms with Gasteiger partial charge >= 0.3 is 0 Å². The summed E-state index contributed by atoms with van der Waals surface area (Å²) >= 11 is 2.06. The van der Waals surface area contributed by atoms with Crippen LogP contribution in [-0.2, 0) is 15.9 Å². The minimum absolute atomic E-state index is 0.187. The lowest BCUT2D eigenvalue weighted by atomic mass is 10.0. The molecule has 0 saturated carbocycles. The molecule has 7 heteroatoms. The second kappa shape index (κ2) is 7.98. The Kier molecular flexibility index (Phi) is 5.89. The molecule has 1 aromatic heterocycles. The molecule has 0 radical (unpaired) electrons. The first-order valence-electron chi connectivity index (χ1n) is 8.31. The number of aromatic nitrogens is 1. The van der Waals surface area contributed by atoms with E-state index >= 15 is 0 Å². The highest BCUT2D eigenvalue weighted by molar-refractivity contribution is 14.1. The number of hydrogen-bond donors (Lipinski definition) is 1. The molecule has 3 rings (SSSR count). The van der Waals surface area contributed by atoms with Gasteiger partial charge in [0.25, 0.3) is 5.91 Å². The molecule has 138 valence electrons. The SMILES string of the molecule is CC1(C)OC[C@H](CNC(=O)c2ccncc2Cc2ccc(I)cc2F)O1. The van der Waals surface area contributed by atoms with Crippen molar-refractivity contribution >= 4 is 28.5 Å². The standard InChI is InChI=1S/C19H20FIN2O3/c1-19(2)25-11-15(26-19)10-23-18(24)16-5-6-22-9-13(16)7-12-3-4-14(21)8-17(12)20/h3-6,8-9,15H,7,10-11H2,1-2H3,(H,23,24)/t15-/m0/s1. The molecule has 1 aliphatic rings. The van der Waals surface area contributed by atoms with Crippen LogP contribution in [0.15, 0.2) is 36.7 Å². The average molecular weight is 470 g/mol. The quantitative estimate of drug-likeness (QED) is 0.682. The predicted molar refractivity (Wildman–Crippen MR) is 103 cm³/mol. The first kappa shape index (κ1) is 19.2. The second-order valence-electron chi connectivity index (χ2n) is 6.61. The molecule has 0 aliphatic carbocycles. The molecular weight excluding hydrogens is 450 g/mol. The van der Waals surface area contributed by atoms with E-state index in [1.807, 2.05) is 19.9 Å². The maximum Gasteiger partial charge on any atom is 0.251 e. The maximum atomic E-state index is 14.1. The fourth-order valence-electron chi connectivity index (χ4n) is 2.83. The number of benzene rings is 1. The van der Waals surface area contributed by atoms with E-state index in [-0.39, 0.29) is 17.8 Å². The predicted octanol–water partition coefficient (Wildman–Crippen LogP) is 3.30. The number of rotatable bonds is 5. The number of carbonyl (C=O) groups excluding carboxylic acids is 1. The van der Waals surface area contributed by atoms with E-state index in [4.69, 9.17) is 9.47 Å². The number of ether oxygens (including phenoxy) is 2. The van der Waals surface area contributed by atoms with Gasteiger partial charge in [0, 0.05) is 34.5 Å². The van der Waals surface area contributed by atoms with Gasteiger partial charge < -0.3 is 14.8 Å². The van der Waals surface area contributed by atoms with Gasteiger partial charge in [-0.25, -0.2) is 4.39 Å². The monoisotopic (exact) mass is 470 g/mol. The van der Waals surface area contributed by atoms with Crippen molar-refractivity contribution in [3.63, 3.8) is 0 Å². The molecule has 1 amide bonds. The molecule has 2 heterocycles. The molecule has 1 aliphatic heterocycles. The zero-order valence-electron chi connectivity index (χ0n) is 14.6. The van der Waals surface area contributed by atoms with Gasteiger partial charge in [-0.05, 0) is 65.8 Å². The molecule has 5 nitrogen and oxygen atoms in total. The highest BCUT2D eigenvalue weighted by atomic mass is 127. The van der Waals surface area contributed by atoms with Gasteiger partial charge in [0.15, 0.2) is 5.79 Å². The van der Waals surface area contributed by atoms with Crippen molar-refractivity contribution in [2.45, 2.75) is 32.2 Å². The average Bonchev–Trinajstić information content (AvgIpc) is 2.95. The lowest BCUT2D eigenvalue weighted by Crippen LogP contribution is -2.34. The van der Waals surface area contributed by atoms with Gasteiger partial charge in [-0.15, -0.1) is 0 Å². The van der Waals surface area contributed by atoms with E-state index in [2.05, 4.69) is 32.9 Å². The molecule has 2 aromatic rings. The fraction of sp³-hybridized carbons (Fsp3) is 0.368. The van der Waals surface area contributed by atoms with Crippen LogP contribution in [0.1, 0.15) is 35.3 Å². The second-order valence-corrected chi connectivity index (χ2v) is 7.85. The number of carbonyl (C=O) groups is 1. The molecule has 1 saturated heterocycles. The molecule has 1 N–H and O–H groups in total. The Morgan fingerprint density at radius 1 is 1.38 bits per heavy atom. The highest BCUT2D eigenvalue weighted by Gasteiger charge is 2.32. The summed E-state index contributed by atoms with van der Waals surface area (Å²) in [6.45, 7) is 4.46. The summed E-state index contributed by atoms with van der Waals surface area (Å²) in [6.07, 6.45) is 3.27. The van der Waals surface area contributed by atoms with E-state index in [9.17, 15) is 9.18 Å². The number of pyridine rings is 1. The summed E-state index contributed by atoms with van der Waals surface area (Å²) in [5, 5.41) is 2.86. The Bertz CT molecular complexity index is 813. The van der Waals surface area contributed by atoms with E-state index in [1.54, 1.807) is 24.5 Å². The van der Waals surface area contributed by atoms with Crippen molar-refractivity contribution in [3.05, 3.63) is 62.7 Å². The minimum atomic E-state index is -0.625. The summed E-state index contributed by atoms with van der Waals surface area (Å²) < 4.78 is 26.1. The van der Waals surface area contributed by atoms with Crippen LogP contribution >= 0.6 is 22.6 Å². The number of amides is 1. The van der Waals surface area contributed by atoms with Gasteiger partial charge in [-0.1, -0.05) is 6.07 Å². The van der Waals surface area contributed by atoms with Crippen molar-refractivity contribution in [1.29, 1.82) is 0 Å². The number of halogens is 2. The van der Waals surface area contributed by atoms with Crippen LogP contribution in [0.5, 0.6) is 0 Å². The van der Waals surface area contributed by atoms with Crippen LogP contribution in [0.4, 0.5) is 4.39 Å². The van der Waals surface area contributed by atoms with Crippen LogP contribution in [0.3, 0.4) is 0 Å². The Hall–Kier alpha value is -1.58. The Balaban J connectivity index is 1.69. The van der Waals surface area contributed by atoms with Crippen LogP contribution < -0.4 is 5.32 Å². The van der Waals surface area contributed by atoms with E-state index in [0.717, 1.165) is 3.57 Å². The smallest absolute Gasteiger partial charge is 0.251 e. The third kappa shape index (κ3) is 4.77. The molecule has 0 unspecified atom stereocenters. The van der Waals surface area contributed by atoms with Gasteiger partial charge in [0.05, 0.1) is 6.61 Å². The Morgan fingerprint density at radius 3 is 2.88 bits per heavy atom. The zero-order valence-corrected chi connectivity index (χ0v) is 16.7. The molecule has 1 aromatic carbocycles. The maximum absolute atomic E-state index is 14.1. The van der Waals surface area contributed by atoms with Crippen LogP contribution in [0, 0.1) is 9.39 Å². The molecule has 1 atom stereocenters. The normalized spacial score (nSPS) is 18.7. The minimum Gasteiger partial charge on any atom is -0.349 e. The third-order valence-corrected chi connectivity index (χ3v) is 4.77. The van der Waals surface area contributed by atoms with Gasteiger partial charge in [-0.3, -0.25) is 9.78 Å². The van der Waals surface area contributed by atoms with Crippen molar-refractivity contribution < 1.29 is 18.7 Å². The Morgan fingerprint density at radius 2 is 2.19 bits per heavy atom. The lowest BCUT2D eigenvalue weighted by molar-refractivity contribution is -0.137. The van der Waals surface area contributed by atoms with E-state index < -0.39 is 5.79 Å². The van der Waals surface area contributed by atoms with Gasteiger partial charge in [0.1, 0.15) is 11.9 Å².